The molecule has 202 valence electrons. The van der Waals surface area contributed by atoms with Crippen LogP contribution in [0.4, 0.5) is 15.6 Å². The molecule has 3 amide bonds. The van der Waals surface area contributed by atoms with Crippen LogP contribution in [0.1, 0.15) is 44.0 Å². The third-order valence-corrected chi connectivity index (χ3v) is 8.91. The summed E-state index contributed by atoms with van der Waals surface area (Å²) in [5.41, 5.74) is 2.84. The van der Waals surface area contributed by atoms with E-state index in [1.165, 1.54) is 0 Å². The van der Waals surface area contributed by atoms with Gasteiger partial charge in [0.05, 0.1) is 15.7 Å². The number of amides is 3. The van der Waals surface area contributed by atoms with E-state index >= 15 is 0 Å². The van der Waals surface area contributed by atoms with Crippen LogP contribution in [0.5, 0.6) is 0 Å². The molecule has 1 aliphatic carbocycles. The standard InChI is InChI=1S/C25H26Cl2N6O4S.Li.H/c1-3-28-24(37)30-13-6-4-5-12(7-13)8-16-21(23(35)36)38-25(31-16)33-9-14-15(10-33)19(14)32-22(34)20-18(27)17(26)11(2)29-20;;/h4-7,14-15,19,29H,3,8-10H2,1-2H3,(H,32,34)(H,35,36)(H2,28,30,37);;/t14-,15+,19?;;. The summed E-state index contributed by atoms with van der Waals surface area (Å²) in [6, 6.07) is 6.98. The monoisotopic (exact) mass is 584 g/mol. The van der Waals surface area contributed by atoms with Crippen LogP contribution < -0.4 is 20.9 Å². The van der Waals surface area contributed by atoms with Gasteiger partial charge in [0.1, 0.15) is 10.6 Å². The molecule has 3 heterocycles. The zero-order chi connectivity index (χ0) is 27.1. The third-order valence-electron chi connectivity index (χ3n) is 6.82. The molecule has 2 fully saturated rings. The van der Waals surface area contributed by atoms with Gasteiger partial charge in [0.15, 0.2) is 5.13 Å². The molecule has 5 rings (SSSR count). The van der Waals surface area contributed by atoms with Gasteiger partial charge in [-0.3, -0.25) is 4.79 Å². The number of carboxylic acids is 1. The maximum absolute atomic E-state index is 12.7. The first kappa shape index (κ1) is 29.3. The Labute approximate surface area is 251 Å². The van der Waals surface area contributed by atoms with Crippen molar-refractivity contribution in [2.24, 2.45) is 11.8 Å². The van der Waals surface area contributed by atoms with Gasteiger partial charge in [0.2, 0.25) is 0 Å². The van der Waals surface area contributed by atoms with E-state index in [1.807, 2.05) is 25.1 Å². The summed E-state index contributed by atoms with van der Waals surface area (Å²) >= 11 is 13.4. The van der Waals surface area contributed by atoms with Crippen molar-refractivity contribution in [3.8, 4) is 0 Å². The Balaban J connectivity index is 0.00000353. The van der Waals surface area contributed by atoms with Crippen LogP contribution in [0.2, 0.25) is 10.0 Å². The molecule has 14 heteroatoms. The first-order valence-corrected chi connectivity index (χ1v) is 13.7. The van der Waals surface area contributed by atoms with E-state index in [4.69, 9.17) is 23.2 Å². The van der Waals surface area contributed by atoms with E-state index in [0.29, 0.717) is 53.3 Å². The predicted molar refractivity (Wildman–Crippen MR) is 154 cm³/mol. The first-order valence-electron chi connectivity index (χ1n) is 12.1. The summed E-state index contributed by atoms with van der Waals surface area (Å²) < 4.78 is 0. The number of H-pyrrole nitrogens is 1. The van der Waals surface area contributed by atoms with Crippen LogP contribution in [0.3, 0.4) is 0 Å². The fourth-order valence-corrected chi connectivity index (χ4v) is 6.25. The van der Waals surface area contributed by atoms with Crippen molar-refractivity contribution in [3.05, 3.63) is 61.8 Å². The normalized spacial score (nSPS) is 19.2. The van der Waals surface area contributed by atoms with Gasteiger partial charge in [-0.15, -0.1) is 0 Å². The number of aromatic nitrogens is 2. The molecule has 1 saturated heterocycles. The molecule has 1 aromatic carbocycles. The molecule has 2 aliphatic rings. The molecular formula is C25H27Cl2LiN6O4S. The number of rotatable bonds is 8. The zero-order valence-corrected chi connectivity index (χ0v) is 22.9. The van der Waals surface area contributed by atoms with Crippen LogP contribution in [0.15, 0.2) is 24.3 Å². The molecule has 1 saturated carbocycles. The van der Waals surface area contributed by atoms with Gasteiger partial charge >= 0.3 is 30.9 Å². The number of nitrogens with zero attached hydrogens (tertiary/aromatic N) is 2. The first-order chi connectivity index (χ1) is 18.2. The number of benzene rings is 1. The van der Waals surface area contributed by atoms with Crippen molar-refractivity contribution >= 4 is 82.1 Å². The summed E-state index contributed by atoms with van der Waals surface area (Å²) in [5.74, 6) is -0.806. The van der Waals surface area contributed by atoms with E-state index in [2.05, 4.69) is 30.8 Å². The van der Waals surface area contributed by atoms with Crippen LogP contribution >= 0.6 is 34.5 Å². The van der Waals surface area contributed by atoms with Gasteiger partial charge in [0, 0.05) is 55.3 Å². The number of nitrogens with one attached hydrogen (secondary N) is 4. The molecule has 0 bridgehead atoms. The number of halogens is 2. The molecule has 10 nitrogen and oxygen atoms in total. The Morgan fingerprint density at radius 3 is 2.54 bits per heavy atom. The maximum atomic E-state index is 12.7. The number of carbonyl (C=O) groups is 3. The fourth-order valence-electron chi connectivity index (χ4n) is 4.90. The Morgan fingerprint density at radius 2 is 1.92 bits per heavy atom. The number of hydrogen-bond donors (Lipinski definition) is 5. The van der Waals surface area contributed by atoms with Crippen molar-refractivity contribution in [2.45, 2.75) is 26.3 Å². The summed E-state index contributed by atoms with van der Waals surface area (Å²) in [5, 5.41) is 19.5. The minimum atomic E-state index is -1.02. The summed E-state index contributed by atoms with van der Waals surface area (Å²) in [6.45, 7) is 5.44. The minimum absolute atomic E-state index is 0. The number of carboxylic acid groups (broad SMARTS) is 1. The van der Waals surface area contributed by atoms with Crippen molar-refractivity contribution < 1.29 is 19.5 Å². The molecule has 1 aliphatic heterocycles. The van der Waals surface area contributed by atoms with Gasteiger partial charge in [-0.25, -0.2) is 14.6 Å². The number of urea groups is 1. The zero-order valence-electron chi connectivity index (χ0n) is 20.6. The number of fused-ring (bicyclic) bond motifs is 1. The molecule has 0 radical (unpaired) electrons. The molecule has 0 spiro atoms. The Bertz CT molecular complexity index is 1420. The number of aromatic amines is 1. The number of thiazole rings is 1. The molecule has 3 atom stereocenters. The van der Waals surface area contributed by atoms with E-state index in [0.717, 1.165) is 16.9 Å². The molecular weight excluding hydrogens is 558 g/mol. The van der Waals surface area contributed by atoms with Crippen molar-refractivity contribution in [2.75, 3.05) is 29.9 Å². The molecule has 2 aromatic heterocycles. The van der Waals surface area contributed by atoms with E-state index in [9.17, 15) is 19.5 Å². The van der Waals surface area contributed by atoms with Crippen LogP contribution in [0.25, 0.3) is 0 Å². The second-order valence-corrected chi connectivity index (χ2v) is 11.2. The van der Waals surface area contributed by atoms with E-state index in [-0.39, 0.29) is 64.3 Å². The Kier molecular flexibility index (Phi) is 8.88. The van der Waals surface area contributed by atoms with Gasteiger partial charge in [-0.2, -0.15) is 0 Å². The van der Waals surface area contributed by atoms with Gasteiger partial charge in [-0.05, 0) is 31.5 Å². The molecule has 1 unspecified atom stereocenters. The molecule has 39 heavy (non-hydrogen) atoms. The van der Waals surface area contributed by atoms with E-state index in [1.54, 1.807) is 13.0 Å². The van der Waals surface area contributed by atoms with Crippen molar-refractivity contribution in [1.29, 1.82) is 0 Å². The van der Waals surface area contributed by atoms with E-state index < -0.39 is 5.97 Å². The SMILES string of the molecule is CCNC(=O)Nc1cccc(Cc2nc(N3C[C@@H]4C(NC(=O)c5[nH]c(C)c(Cl)c5Cl)[C@@H]4C3)sc2C(=O)O)c1.[LiH]. The number of aromatic carboxylic acids is 1. The number of carbonyl (C=O) groups excluding carboxylic acids is 2. The van der Waals surface area contributed by atoms with Gasteiger partial charge in [-0.1, -0.05) is 46.7 Å². The fraction of sp³-hybridized carbons (Fsp3) is 0.360. The second kappa shape index (κ2) is 11.8. The Hall–Kier alpha value is -2.68. The predicted octanol–water partition coefficient (Wildman–Crippen LogP) is 3.73. The number of hydrogen-bond acceptors (Lipinski definition) is 6. The molecule has 5 N–H and O–H groups in total. The number of anilines is 2. The quantitative estimate of drug-likeness (QED) is 0.256. The summed E-state index contributed by atoms with van der Waals surface area (Å²) in [4.78, 5) is 46.4. The van der Waals surface area contributed by atoms with Gasteiger partial charge in [0.25, 0.3) is 5.91 Å². The van der Waals surface area contributed by atoms with Crippen LogP contribution in [0, 0.1) is 18.8 Å². The van der Waals surface area contributed by atoms with Crippen molar-refractivity contribution in [1.82, 2.24) is 20.6 Å². The van der Waals surface area contributed by atoms with Gasteiger partial charge < -0.3 is 30.9 Å². The topological polar surface area (TPSA) is 139 Å². The second-order valence-electron chi connectivity index (χ2n) is 9.42. The van der Waals surface area contributed by atoms with Crippen LogP contribution in [-0.2, 0) is 6.42 Å². The third kappa shape index (κ3) is 6.08. The number of piperidine rings is 1. The molecule has 3 aromatic rings. The average molecular weight is 585 g/mol. The summed E-state index contributed by atoms with van der Waals surface area (Å²) in [6.07, 6.45) is 0.321. The Morgan fingerprint density at radius 1 is 1.21 bits per heavy atom. The van der Waals surface area contributed by atoms with Crippen LogP contribution in [-0.4, -0.2) is 77.5 Å². The number of aryl methyl sites for hydroxylation is 1. The summed E-state index contributed by atoms with van der Waals surface area (Å²) in [7, 11) is 0. The van der Waals surface area contributed by atoms with Crippen molar-refractivity contribution in [3.63, 3.8) is 0 Å². The average Bonchev–Trinajstić information content (AvgIpc) is 3.22.